The fraction of sp³-hybridized carbons (Fsp3) is 0.611. The van der Waals surface area contributed by atoms with E-state index in [0.29, 0.717) is 6.04 Å². The molecular weight excluding hydrogens is 290 g/mol. The minimum atomic E-state index is 0.0686. The molecule has 1 fully saturated rings. The minimum absolute atomic E-state index is 0.0686. The molecule has 0 radical (unpaired) electrons. The first-order chi connectivity index (χ1) is 10.9. The van der Waals surface area contributed by atoms with Gasteiger partial charge in [0.05, 0.1) is 0 Å². The molecule has 1 aliphatic rings. The molecule has 0 atom stereocenters. The standard InChI is InChI=1S/C18H29N3O2/c1-14(2)20(5)17-7-6-16(12-15(17)3)23-13-18(22)21-10-8-19(4)9-11-21/h6-7,12,14H,8-11,13H2,1-5H3. The van der Waals surface area contributed by atoms with Crippen molar-refractivity contribution in [3.63, 3.8) is 0 Å². The first kappa shape index (κ1) is 17.6. The van der Waals surface area contributed by atoms with Crippen LogP contribution in [0.15, 0.2) is 18.2 Å². The molecule has 2 rings (SSSR count). The van der Waals surface area contributed by atoms with Gasteiger partial charge < -0.3 is 19.4 Å². The van der Waals surface area contributed by atoms with E-state index >= 15 is 0 Å². The number of aryl methyl sites for hydroxylation is 1. The Bertz CT molecular complexity index is 537. The van der Waals surface area contributed by atoms with Crippen LogP contribution in [0.4, 0.5) is 5.69 Å². The molecule has 0 unspecified atom stereocenters. The van der Waals surface area contributed by atoms with Gasteiger partial charge in [0, 0.05) is 45.0 Å². The highest BCUT2D eigenvalue weighted by Crippen LogP contribution is 2.25. The summed E-state index contributed by atoms with van der Waals surface area (Å²) >= 11 is 0. The zero-order valence-corrected chi connectivity index (χ0v) is 15.0. The van der Waals surface area contributed by atoms with Crippen molar-refractivity contribution < 1.29 is 9.53 Å². The van der Waals surface area contributed by atoms with Crippen molar-refractivity contribution in [3.8, 4) is 5.75 Å². The highest BCUT2D eigenvalue weighted by molar-refractivity contribution is 5.78. The van der Waals surface area contributed by atoms with Crippen LogP contribution in [0, 0.1) is 6.92 Å². The number of ether oxygens (including phenoxy) is 1. The van der Waals surface area contributed by atoms with Gasteiger partial charge >= 0.3 is 0 Å². The number of piperazine rings is 1. The van der Waals surface area contributed by atoms with Crippen LogP contribution in [0.25, 0.3) is 0 Å². The van der Waals surface area contributed by atoms with Crippen LogP contribution in [0.2, 0.25) is 0 Å². The van der Waals surface area contributed by atoms with Gasteiger partial charge in [-0.1, -0.05) is 0 Å². The number of carbonyl (C=O) groups excluding carboxylic acids is 1. The van der Waals surface area contributed by atoms with Crippen LogP contribution >= 0.6 is 0 Å². The molecule has 0 bridgehead atoms. The van der Waals surface area contributed by atoms with Crippen molar-refractivity contribution in [1.82, 2.24) is 9.80 Å². The molecule has 128 valence electrons. The van der Waals surface area contributed by atoms with E-state index in [2.05, 4.69) is 50.7 Å². The van der Waals surface area contributed by atoms with E-state index in [4.69, 9.17) is 4.74 Å². The molecule has 1 aromatic carbocycles. The second-order valence-electron chi connectivity index (χ2n) is 6.63. The Kier molecular flexibility index (Phi) is 5.88. The van der Waals surface area contributed by atoms with Gasteiger partial charge in [-0.15, -0.1) is 0 Å². The van der Waals surface area contributed by atoms with Gasteiger partial charge in [-0.25, -0.2) is 0 Å². The summed E-state index contributed by atoms with van der Waals surface area (Å²) < 4.78 is 5.70. The molecule has 0 N–H and O–H groups in total. The average Bonchev–Trinajstić information content (AvgIpc) is 2.52. The number of nitrogens with zero attached hydrogens (tertiary/aromatic N) is 3. The topological polar surface area (TPSA) is 36.0 Å². The Balaban J connectivity index is 1.91. The quantitative estimate of drug-likeness (QED) is 0.832. The van der Waals surface area contributed by atoms with Gasteiger partial charge in [-0.2, -0.15) is 0 Å². The largest absolute Gasteiger partial charge is 0.484 e. The summed E-state index contributed by atoms with van der Waals surface area (Å²) in [5.41, 5.74) is 2.35. The third kappa shape index (κ3) is 4.61. The lowest BCUT2D eigenvalue weighted by atomic mass is 10.1. The molecule has 5 heteroatoms. The maximum atomic E-state index is 12.2. The monoisotopic (exact) mass is 319 g/mol. The Morgan fingerprint density at radius 1 is 1.26 bits per heavy atom. The van der Waals surface area contributed by atoms with E-state index < -0.39 is 0 Å². The summed E-state index contributed by atoms with van der Waals surface area (Å²) in [6.45, 7) is 9.96. The number of hydrogen-bond donors (Lipinski definition) is 0. The predicted molar refractivity (Wildman–Crippen MR) is 94.3 cm³/mol. The second kappa shape index (κ2) is 7.68. The van der Waals surface area contributed by atoms with Gasteiger partial charge in [-0.05, 0) is 51.6 Å². The lowest BCUT2D eigenvalue weighted by Gasteiger charge is -2.32. The van der Waals surface area contributed by atoms with Crippen molar-refractivity contribution in [2.24, 2.45) is 0 Å². The molecule has 1 saturated heterocycles. The fourth-order valence-corrected chi connectivity index (χ4v) is 2.68. The summed E-state index contributed by atoms with van der Waals surface area (Å²) in [4.78, 5) is 18.5. The van der Waals surface area contributed by atoms with Gasteiger partial charge in [-0.3, -0.25) is 4.79 Å². The molecule has 1 heterocycles. The molecule has 1 amide bonds. The highest BCUT2D eigenvalue weighted by Gasteiger charge is 2.19. The van der Waals surface area contributed by atoms with Gasteiger partial charge in [0.15, 0.2) is 6.61 Å². The van der Waals surface area contributed by atoms with Crippen LogP contribution in [-0.4, -0.2) is 68.6 Å². The number of amides is 1. The number of benzene rings is 1. The van der Waals surface area contributed by atoms with E-state index in [-0.39, 0.29) is 12.5 Å². The lowest BCUT2D eigenvalue weighted by molar-refractivity contribution is -0.134. The molecule has 0 aliphatic carbocycles. The van der Waals surface area contributed by atoms with Crippen molar-refractivity contribution in [2.75, 3.05) is 51.8 Å². The molecule has 1 aromatic rings. The summed E-state index contributed by atoms with van der Waals surface area (Å²) in [5, 5.41) is 0. The predicted octanol–water partition coefficient (Wildman–Crippen LogP) is 1.99. The second-order valence-corrected chi connectivity index (χ2v) is 6.63. The molecule has 0 saturated carbocycles. The van der Waals surface area contributed by atoms with Gasteiger partial charge in [0.1, 0.15) is 5.75 Å². The first-order valence-corrected chi connectivity index (χ1v) is 8.31. The number of anilines is 1. The Labute approximate surface area is 139 Å². The number of hydrogen-bond acceptors (Lipinski definition) is 4. The van der Waals surface area contributed by atoms with Crippen LogP contribution in [0.1, 0.15) is 19.4 Å². The molecule has 23 heavy (non-hydrogen) atoms. The average molecular weight is 319 g/mol. The first-order valence-electron chi connectivity index (χ1n) is 8.31. The molecule has 5 nitrogen and oxygen atoms in total. The summed E-state index contributed by atoms with van der Waals surface area (Å²) in [6, 6.07) is 6.45. The van der Waals surface area contributed by atoms with E-state index in [0.717, 1.165) is 37.5 Å². The smallest absolute Gasteiger partial charge is 0.260 e. The summed E-state index contributed by atoms with van der Waals surface area (Å²) in [6.07, 6.45) is 0. The molecule has 0 spiro atoms. The molecular formula is C18H29N3O2. The maximum absolute atomic E-state index is 12.2. The SMILES string of the molecule is Cc1cc(OCC(=O)N2CCN(C)CC2)ccc1N(C)C(C)C. The van der Waals surface area contributed by atoms with E-state index in [1.165, 1.54) is 5.69 Å². The Morgan fingerprint density at radius 2 is 1.91 bits per heavy atom. The van der Waals surface area contributed by atoms with Gasteiger partial charge in [0.25, 0.3) is 5.91 Å². The van der Waals surface area contributed by atoms with Crippen molar-refractivity contribution in [2.45, 2.75) is 26.8 Å². The maximum Gasteiger partial charge on any atom is 0.260 e. The molecule has 1 aliphatic heterocycles. The van der Waals surface area contributed by atoms with Crippen LogP contribution in [0.5, 0.6) is 5.75 Å². The number of carbonyl (C=O) groups is 1. The zero-order valence-electron chi connectivity index (χ0n) is 15.0. The Morgan fingerprint density at radius 3 is 2.48 bits per heavy atom. The van der Waals surface area contributed by atoms with Crippen molar-refractivity contribution in [1.29, 1.82) is 0 Å². The van der Waals surface area contributed by atoms with Crippen LogP contribution in [-0.2, 0) is 4.79 Å². The fourth-order valence-electron chi connectivity index (χ4n) is 2.68. The van der Waals surface area contributed by atoms with E-state index in [9.17, 15) is 4.79 Å². The number of rotatable bonds is 5. The third-order valence-electron chi connectivity index (χ3n) is 4.54. The lowest BCUT2D eigenvalue weighted by Crippen LogP contribution is -2.48. The van der Waals surface area contributed by atoms with Gasteiger partial charge in [0.2, 0.25) is 0 Å². The van der Waals surface area contributed by atoms with E-state index in [1.807, 2.05) is 17.0 Å². The Hall–Kier alpha value is -1.75. The van der Waals surface area contributed by atoms with Crippen molar-refractivity contribution in [3.05, 3.63) is 23.8 Å². The summed E-state index contributed by atoms with van der Waals surface area (Å²) in [5.74, 6) is 0.824. The van der Waals surface area contributed by atoms with Crippen molar-refractivity contribution >= 4 is 11.6 Å². The third-order valence-corrected chi connectivity index (χ3v) is 4.54. The summed E-state index contributed by atoms with van der Waals surface area (Å²) in [7, 11) is 4.17. The molecule has 0 aromatic heterocycles. The normalized spacial score (nSPS) is 15.8. The van der Waals surface area contributed by atoms with Crippen LogP contribution in [0.3, 0.4) is 0 Å². The highest BCUT2D eigenvalue weighted by atomic mass is 16.5. The minimum Gasteiger partial charge on any atom is -0.484 e. The van der Waals surface area contributed by atoms with E-state index in [1.54, 1.807) is 0 Å². The van der Waals surface area contributed by atoms with Crippen LogP contribution < -0.4 is 9.64 Å². The number of likely N-dealkylation sites (N-methyl/N-ethyl adjacent to an activating group) is 1. The zero-order chi connectivity index (χ0) is 17.0.